The maximum Gasteiger partial charge on any atom is 0.255 e. The maximum atomic E-state index is 12.6. The number of rotatable bonds is 5. The van der Waals surface area contributed by atoms with E-state index in [0.29, 0.717) is 11.3 Å². The van der Waals surface area contributed by atoms with E-state index < -0.39 is 5.60 Å². The molecule has 3 aromatic rings. The lowest BCUT2D eigenvalue weighted by Crippen LogP contribution is -2.41. The van der Waals surface area contributed by atoms with E-state index in [4.69, 9.17) is 0 Å². The lowest BCUT2D eigenvalue weighted by molar-refractivity contribution is 0.0720. The summed E-state index contributed by atoms with van der Waals surface area (Å²) in [5.41, 5.74) is 1.61. The van der Waals surface area contributed by atoms with Crippen LogP contribution in [0.15, 0.2) is 34.3 Å². The number of aryl methyl sites for hydroxylation is 2. The van der Waals surface area contributed by atoms with Crippen molar-refractivity contribution >= 4 is 28.6 Å². The molecule has 0 saturated heterocycles. The number of aliphatic hydroxyl groups is 1. The second-order valence-electron chi connectivity index (χ2n) is 5.70. The number of hydrogen-bond acceptors (Lipinski definition) is 5. The summed E-state index contributed by atoms with van der Waals surface area (Å²) in [6.45, 7) is 3.78. The van der Waals surface area contributed by atoms with Crippen LogP contribution in [-0.2, 0) is 12.6 Å². The van der Waals surface area contributed by atoms with Crippen LogP contribution in [0.2, 0.25) is 0 Å². The van der Waals surface area contributed by atoms with Gasteiger partial charge in [-0.2, -0.15) is 16.4 Å². The largest absolute Gasteiger partial charge is 0.378 e. The van der Waals surface area contributed by atoms with Gasteiger partial charge in [-0.3, -0.25) is 9.48 Å². The molecule has 2 N–H and O–H groups in total. The Bertz CT molecular complexity index is 801. The summed E-state index contributed by atoms with van der Waals surface area (Å²) in [6.07, 6.45) is 0. The van der Waals surface area contributed by atoms with Crippen molar-refractivity contribution in [3.8, 4) is 0 Å². The summed E-state index contributed by atoms with van der Waals surface area (Å²) in [6, 6.07) is 5.67. The average Bonchev–Trinajstić information content (AvgIpc) is 3.28. The molecule has 3 aromatic heterocycles. The molecule has 0 aromatic carbocycles. The first-order chi connectivity index (χ1) is 11.4. The van der Waals surface area contributed by atoms with Crippen molar-refractivity contribution in [2.45, 2.75) is 19.4 Å². The fourth-order valence-corrected chi connectivity index (χ4v) is 4.31. The molecular weight excluding hydrogens is 342 g/mol. The van der Waals surface area contributed by atoms with Gasteiger partial charge in [-0.25, -0.2) is 0 Å². The molecule has 1 unspecified atom stereocenters. The lowest BCUT2D eigenvalue weighted by atomic mass is 9.94. The zero-order chi connectivity index (χ0) is 17.3. The number of hydrogen-bond donors (Lipinski definition) is 2. The van der Waals surface area contributed by atoms with Crippen LogP contribution in [0.4, 0.5) is 0 Å². The molecule has 3 rings (SSSR count). The molecule has 3 heterocycles. The van der Waals surface area contributed by atoms with Gasteiger partial charge < -0.3 is 10.4 Å². The number of amides is 1. The standard InChI is InChI=1S/C17H19N3O2S2/c1-11-15(12(2)20(3)19-11)16(21)18-10-17(22,13-6-8-23-9-13)14-5-4-7-24-14/h4-9,22H,10H2,1-3H3,(H,18,21). The van der Waals surface area contributed by atoms with Gasteiger partial charge in [0.05, 0.1) is 17.8 Å². The Hall–Kier alpha value is -1.96. The van der Waals surface area contributed by atoms with Crippen molar-refractivity contribution in [1.82, 2.24) is 15.1 Å². The van der Waals surface area contributed by atoms with Crippen LogP contribution in [0, 0.1) is 13.8 Å². The quantitative estimate of drug-likeness (QED) is 0.734. The van der Waals surface area contributed by atoms with Crippen LogP contribution in [0.5, 0.6) is 0 Å². The Morgan fingerprint density at radius 2 is 2.17 bits per heavy atom. The van der Waals surface area contributed by atoms with Gasteiger partial charge in [0.25, 0.3) is 5.91 Å². The van der Waals surface area contributed by atoms with Crippen LogP contribution < -0.4 is 5.32 Å². The minimum Gasteiger partial charge on any atom is -0.378 e. The molecule has 0 saturated carbocycles. The van der Waals surface area contributed by atoms with Gasteiger partial charge in [0.2, 0.25) is 0 Å². The average molecular weight is 361 g/mol. The SMILES string of the molecule is Cc1nn(C)c(C)c1C(=O)NCC(O)(c1ccsc1)c1cccs1. The van der Waals surface area contributed by atoms with E-state index in [1.54, 1.807) is 4.68 Å². The molecule has 0 aliphatic rings. The van der Waals surface area contributed by atoms with E-state index >= 15 is 0 Å². The third-order valence-electron chi connectivity index (χ3n) is 4.17. The van der Waals surface area contributed by atoms with E-state index in [-0.39, 0.29) is 12.5 Å². The first kappa shape index (κ1) is 16.9. The van der Waals surface area contributed by atoms with Crippen molar-refractivity contribution in [3.63, 3.8) is 0 Å². The fourth-order valence-electron chi connectivity index (χ4n) is 2.74. The highest BCUT2D eigenvalue weighted by Gasteiger charge is 2.34. The van der Waals surface area contributed by atoms with Crippen LogP contribution in [0.25, 0.3) is 0 Å². The summed E-state index contributed by atoms with van der Waals surface area (Å²) in [5.74, 6) is -0.219. The van der Waals surface area contributed by atoms with E-state index in [1.165, 1.54) is 22.7 Å². The predicted molar refractivity (Wildman–Crippen MR) is 96.7 cm³/mol. The molecule has 1 amide bonds. The molecule has 0 aliphatic carbocycles. The number of carbonyl (C=O) groups is 1. The summed E-state index contributed by atoms with van der Waals surface area (Å²) in [5, 5.41) is 24.2. The summed E-state index contributed by atoms with van der Waals surface area (Å²) < 4.78 is 1.69. The van der Waals surface area contributed by atoms with Crippen molar-refractivity contribution in [3.05, 3.63) is 61.7 Å². The molecule has 1 atom stereocenters. The Labute approximate surface area is 148 Å². The highest BCUT2D eigenvalue weighted by atomic mass is 32.1. The van der Waals surface area contributed by atoms with E-state index in [0.717, 1.165) is 16.1 Å². The molecule has 0 radical (unpaired) electrons. The van der Waals surface area contributed by atoms with Crippen LogP contribution in [0.1, 0.15) is 32.2 Å². The van der Waals surface area contributed by atoms with E-state index in [9.17, 15) is 9.90 Å². The summed E-state index contributed by atoms with van der Waals surface area (Å²) >= 11 is 2.99. The van der Waals surface area contributed by atoms with E-state index in [1.807, 2.05) is 55.2 Å². The van der Waals surface area contributed by atoms with Gasteiger partial charge >= 0.3 is 0 Å². The summed E-state index contributed by atoms with van der Waals surface area (Å²) in [7, 11) is 1.81. The van der Waals surface area contributed by atoms with Crippen molar-refractivity contribution in [1.29, 1.82) is 0 Å². The van der Waals surface area contributed by atoms with E-state index in [2.05, 4.69) is 10.4 Å². The first-order valence-corrected chi connectivity index (χ1v) is 9.33. The first-order valence-electron chi connectivity index (χ1n) is 7.51. The van der Waals surface area contributed by atoms with Crippen molar-refractivity contribution < 1.29 is 9.90 Å². The molecule has 0 bridgehead atoms. The van der Waals surface area contributed by atoms with Gasteiger partial charge in [0.1, 0.15) is 5.60 Å². The van der Waals surface area contributed by atoms with Gasteiger partial charge in [-0.05, 0) is 42.1 Å². The lowest BCUT2D eigenvalue weighted by Gasteiger charge is -2.27. The maximum absolute atomic E-state index is 12.6. The molecule has 0 fully saturated rings. The van der Waals surface area contributed by atoms with Gasteiger partial charge in [-0.15, -0.1) is 11.3 Å². The van der Waals surface area contributed by atoms with Crippen LogP contribution in [0.3, 0.4) is 0 Å². The molecule has 7 heteroatoms. The highest BCUT2D eigenvalue weighted by Crippen LogP contribution is 2.33. The number of carbonyl (C=O) groups excluding carboxylic acids is 1. The number of nitrogens with zero attached hydrogens (tertiary/aromatic N) is 2. The topological polar surface area (TPSA) is 67.2 Å². The Balaban J connectivity index is 1.86. The minimum atomic E-state index is -1.23. The second-order valence-corrected chi connectivity index (χ2v) is 7.43. The normalized spacial score (nSPS) is 13.7. The third-order valence-corrected chi connectivity index (χ3v) is 5.87. The fraction of sp³-hybridized carbons (Fsp3) is 0.294. The van der Waals surface area contributed by atoms with Gasteiger partial charge in [0.15, 0.2) is 0 Å². The summed E-state index contributed by atoms with van der Waals surface area (Å²) in [4.78, 5) is 13.4. The Kier molecular flexibility index (Phi) is 4.58. The monoisotopic (exact) mass is 361 g/mol. The zero-order valence-electron chi connectivity index (χ0n) is 13.7. The number of nitrogens with one attached hydrogen (secondary N) is 1. The smallest absolute Gasteiger partial charge is 0.255 e. The Morgan fingerprint density at radius 1 is 1.38 bits per heavy atom. The molecule has 24 heavy (non-hydrogen) atoms. The molecule has 0 spiro atoms. The number of thiophene rings is 2. The van der Waals surface area contributed by atoms with Crippen molar-refractivity contribution in [2.24, 2.45) is 7.05 Å². The highest BCUT2D eigenvalue weighted by molar-refractivity contribution is 7.10. The van der Waals surface area contributed by atoms with Crippen LogP contribution in [-0.4, -0.2) is 27.3 Å². The van der Waals surface area contributed by atoms with Crippen LogP contribution >= 0.6 is 22.7 Å². The Morgan fingerprint density at radius 3 is 2.71 bits per heavy atom. The minimum absolute atomic E-state index is 0.108. The second kappa shape index (κ2) is 6.51. The van der Waals surface area contributed by atoms with Gasteiger partial charge in [0, 0.05) is 23.2 Å². The molecular formula is C17H19N3O2S2. The van der Waals surface area contributed by atoms with Gasteiger partial charge in [-0.1, -0.05) is 6.07 Å². The van der Waals surface area contributed by atoms with Crippen molar-refractivity contribution in [2.75, 3.05) is 6.54 Å². The number of aromatic nitrogens is 2. The zero-order valence-corrected chi connectivity index (χ0v) is 15.4. The third kappa shape index (κ3) is 2.90. The molecule has 0 aliphatic heterocycles. The molecule has 126 valence electrons. The predicted octanol–water partition coefficient (Wildman–Crippen LogP) is 2.83. The molecule has 5 nitrogen and oxygen atoms in total.